The highest BCUT2D eigenvalue weighted by Gasteiger charge is 2.09. The lowest BCUT2D eigenvalue weighted by atomic mass is 10.1. The molecule has 4 aromatic rings. The number of fused-ring (bicyclic) bond motifs is 1. The third kappa shape index (κ3) is 3.30. The van der Waals surface area contributed by atoms with Gasteiger partial charge in [-0.15, -0.1) is 0 Å². The third-order valence-corrected chi connectivity index (χ3v) is 4.17. The van der Waals surface area contributed by atoms with E-state index >= 15 is 0 Å². The summed E-state index contributed by atoms with van der Waals surface area (Å²) in [5, 5.41) is 26.4. The first-order valence-electron chi connectivity index (χ1n) is 8.33. The van der Waals surface area contributed by atoms with Crippen molar-refractivity contribution in [3.05, 3.63) is 53.9 Å². The minimum Gasteiger partial charge on any atom is -0.494 e. The molecule has 0 saturated heterocycles. The van der Waals surface area contributed by atoms with Crippen LogP contribution < -0.4 is 5.32 Å². The maximum absolute atomic E-state index is 12.3. The molecule has 0 unspecified atom stereocenters. The molecule has 3 aromatic heterocycles. The lowest BCUT2D eigenvalue weighted by molar-refractivity contribution is 0.0953. The van der Waals surface area contributed by atoms with Gasteiger partial charge in [-0.1, -0.05) is 0 Å². The van der Waals surface area contributed by atoms with Gasteiger partial charge in [0.15, 0.2) is 0 Å². The van der Waals surface area contributed by atoms with Crippen LogP contribution in [0, 0.1) is 0 Å². The van der Waals surface area contributed by atoms with Crippen molar-refractivity contribution in [3.8, 4) is 17.3 Å². The van der Waals surface area contributed by atoms with Gasteiger partial charge in [0.05, 0.1) is 11.4 Å². The van der Waals surface area contributed by atoms with Crippen LogP contribution in [0.5, 0.6) is 5.88 Å². The highest BCUT2D eigenvalue weighted by Crippen LogP contribution is 2.23. The molecular weight excluding hydrogens is 332 g/mol. The number of amides is 1. The van der Waals surface area contributed by atoms with E-state index in [1.807, 2.05) is 24.3 Å². The van der Waals surface area contributed by atoms with Crippen LogP contribution in [0.3, 0.4) is 0 Å². The molecule has 1 amide bonds. The fourth-order valence-electron chi connectivity index (χ4n) is 2.88. The monoisotopic (exact) mass is 350 g/mol. The number of aromatic nitrogens is 5. The number of nitrogens with zero attached hydrogens (tertiary/aromatic N) is 2. The molecule has 0 atom stereocenters. The average Bonchev–Trinajstić information content (AvgIpc) is 3.37. The van der Waals surface area contributed by atoms with Crippen LogP contribution >= 0.6 is 0 Å². The normalized spacial score (nSPS) is 11.1. The predicted molar refractivity (Wildman–Crippen MR) is 96.8 cm³/mol. The van der Waals surface area contributed by atoms with Gasteiger partial charge in [0.25, 0.3) is 5.91 Å². The van der Waals surface area contributed by atoms with E-state index in [2.05, 4.69) is 30.7 Å². The Morgan fingerprint density at radius 2 is 2.08 bits per heavy atom. The molecule has 3 heterocycles. The van der Waals surface area contributed by atoms with E-state index in [-0.39, 0.29) is 11.8 Å². The highest BCUT2D eigenvalue weighted by atomic mass is 16.3. The molecule has 4 rings (SSSR count). The van der Waals surface area contributed by atoms with Gasteiger partial charge in [0, 0.05) is 35.3 Å². The molecule has 5 N–H and O–H groups in total. The van der Waals surface area contributed by atoms with E-state index in [0.29, 0.717) is 18.5 Å². The lowest BCUT2D eigenvalue weighted by Crippen LogP contribution is -2.24. The average molecular weight is 350 g/mol. The van der Waals surface area contributed by atoms with Gasteiger partial charge in [-0.25, -0.2) is 5.10 Å². The number of benzene rings is 1. The van der Waals surface area contributed by atoms with Gasteiger partial charge < -0.3 is 15.4 Å². The first kappa shape index (κ1) is 15.9. The second-order valence-corrected chi connectivity index (χ2v) is 6.05. The number of carbonyl (C=O) groups excluding carboxylic acids is 1. The summed E-state index contributed by atoms with van der Waals surface area (Å²) in [6.07, 6.45) is 3.19. The summed E-state index contributed by atoms with van der Waals surface area (Å²) in [7, 11) is 0. The topological polar surface area (TPSA) is 122 Å². The number of hydrogen-bond donors (Lipinski definition) is 5. The Kier molecular flexibility index (Phi) is 4.14. The van der Waals surface area contributed by atoms with Gasteiger partial charge in [-0.05, 0) is 43.2 Å². The Morgan fingerprint density at radius 3 is 2.85 bits per heavy atom. The quantitative estimate of drug-likeness (QED) is 0.343. The molecule has 0 fully saturated rings. The summed E-state index contributed by atoms with van der Waals surface area (Å²) in [5.74, 6) is -0.0580. The lowest BCUT2D eigenvalue weighted by Gasteiger charge is -2.04. The smallest absolute Gasteiger partial charge is 0.251 e. The van der Waals surface area contributed by atoms with Crippen molar-refractivity contribution in [1.29, 1.82) is 0 Å². The van der Waals surface area contributed by atoms with Crippen molar-refractivity contribution < 1.29 is 9.90 Å². The van der Waals surface area contributed by atoms with E-state index in [1.165, 1.54) is 0 Å². The zero-order valence-electron chi connectivity index (χ0n) is 13.9. The first-order valence-corrected chi connectivity index (χ1v) is 8.33. The number of carbonyl (C=O) groups is 1. The summed E-state index contributed by atoms with van der Waals surface area (Å²) in [6.45, 7) is 0.538. The van der Waals surface area contributed by atoms with Crippen LogP contribution in [0.4, 0.5) is 0 Å². The summed E-state index contributed by atoms with van der Waals surface area (Å²) >= 11 is 0. The van der Waals surface area contributed by atoms with Gasteiger partial charge in [0.1, 0.15) is 5.69 Å². The van der Waals surface area contributed by atoms with E-state index in [4.69, 9.17) is 0 Å². The van der Waals surface area contributed by atoms with Crippen LogP contribution in [0.15, 0.2) is 42.6 Å². The van der Waals surface area contributed by atoms with Gasteiger partial charge in [0.2, 0.25) is 5.88 Å². The number of aryl methyl sites for hydroxylation is 1. The maximum atomic E-state index is 12.3. The SMILES string of the molecule is O=C(NCCCc1cc(O)[nH]n1)c1ccc2[nH]c(-c3cc[nH]n3)cc2c1. The number of H-pyrrole nitrogens is 3. The summed E-state index contributed by atoms with van der Waals surface area (Å²) in [4.78, 5) is 15.6. The molecule has 0 saturated carbocycles. The molecule has 0 radical (unpaired) electrons. The zero-order chi connectivity index (χ0) is 17.9. The van der Waals surface area contributed by atoms with E-state index in [1.54, 1.807) is 18.3 Å². The van der Waals surface area contributed by atoms with Crippen molar-refractivity contribution >= 4 is 16.8 Å². The van der Waals surface area contributed by atoms with E-state index in [0.717, 1.165) is 34.4 Å². The third-order valence-electron chi connectivity index (χ3n) is 4.17. The van der Waals surface area contributed by atoms with Crippen LogP contribution in [-0.2, 0) is 6.42 Å². The zero-order valence-corrected chi connectivity index (χ0v) is 13.9. The molecule has 0 spiro atoms. The number of aromatic amines is 3. The van der Waals surface area contributed by atoms with Crippen LogP contribution in [0.2, 0.25) is 0 Å². The Balaban J connectivity index is 1.38. The Morgan fingerprint density at radius 1 is 1.15 bits per heavy atom. The van der Waals surface area contributed by atoms with Gasteiger partial charge >= 0.3 is 0 Å². The summed E-state index contributed by atoms with van der Waals surface area (Å²) in [5.41, 5.74) is 4.08. The Bertz CT molecular complexity index is 1030. The van der Waals surface area contributed by atoms with Crippen molar-refractivity contribution in [1.82, 2.24) is 30.7 Å². The molecule has 132 valence electrons. The highest BCUT2D eigenvalue weighted by molar-refractivity contribution is 5.98. The molecule has 8 heteroatoms. The van der Waals surface area contributed by atoms with Crippen molar-refractivity contribution in [2.75, 3.05) is 6.54 Å². The van der Waals surface area contributed by atoms with E-state index < -0.39 is 0 Å². The molecule has 0 aliphatic carbocycles. The van der Waals surface area contributed by atoms with Crippen LogP contribution in [0.25, 0.3) is 22.3 Å². The first-order chi connectivity index (χ1) is 12.7. The Hall–Kier alpha value is -3.55. The molecule has 0 aliphatic heterocycles. The van der Waals surface area contributed by atoms with Gasteiger partial charge in [-0.3, -0.25) is 9.89 Å². The molecule has 1 aromatic carbocycles. The molecule has 8 nitrogen and oxygen atoms in total. The van der Waals surface area contributed by atoms with Crippen LogP contribution in [-0.4, -0.2) is 42.9 Å². The fourth-order valence-corrected chi connectivity index (χ4v) is 2.88. The number of hydrogen-bond acceptors (Lipinski definition) is 4. The second-order valence-electron chi connectivity index (χ2n) is 6.05. The van der Waals surface area contributed by atoms with Crippen molar-refractivity contribution in [2.24, 2.45) is 0 Å². The standard InChI is InChI=1S/C18H18N6O2/c25-17-10-13(22-24-17)2-1-6-19-18(26)11-3-4-14-12(8-11)9-16(21-14)15-5-7-20-23-15/h3-5,7-10,21H,1-2,6H2,(H,19,26)(H,20,23)(H2,22,24,25). The maximum Gasteiger partial charge on any atom is 0.251 e. The Labute approximate surface area is 148 Å². The second kappa shape index (κ2) is 6.75. The summed E-state index contributed by atoms with van der Waals surface area (Å²) in [6, 6.07) is 11.0. The van der Waals surface area contributed by atoms with Gasteiger partial charge in [-0.2, -0.15) is 10.2 Å². The predicted octanol–water partition coefficient (Wildman–Crippen LogP) is 2.35. The van der Waals surface area contributed by atoms with Crippen molar-refractivity contribution in [3.63, 3.8) is 0 Å². The number of aromatic hydroxyl groups is 1. The molecular formula is C18H18N6O2. The summed E-state index contributed by atoms with van der Waals surface area (Å²) < 4.78 is 0. The fraction of sp³-hybridized carbons (Fsp3) is 0.167. The largest absolute Gasteiger partial charge is 0.494 e. The van der Waals surface area contributed by atoms with Crippen molar-refractivity contribution in [2.45, 2.75) is 12.8 Å². The van der Waals surface area contributed by atoms with Crippen LogP contribution in [0.1, 0.15) is 22.5 Å². The number of nitrogens with one attached hydrogen (secondary N) is 4. The molecule has 26 heavy (non-hydrogen) atoms. The minimum atomic E-state index is -0.112. The minimum absolute atomic E-state index is 0.0537. The molecule has 0 aliphatic rings. The molecule has 0 bridgehead atoms. The van der Waals surface area contributed by atoms with E-state index in [9.17, 15) is 9.90 Å². The number of rotatable bonds is 6.